The number of aromatic nitrogens is 1. The summed E-state index contributed by atoms with van der Waals surface area (Å²) >= 11 is 1.86. The molecule has 20 heavy (non-hydrogen) atoms. The lowest BCUT2D eigenvalue weighted by atomic mass is 10.1. The number of nitrogens with zero attached hydrogens (tertiary/aromatic N) is 2. The van der Waals surface area contributed by atoms with E-state index in [1.807, 2.05) is 11.3 Å². The van der Waals surface area contributed by atoms with E-state index in [2.05, 4.69) is 51.9 Å². The van der Waals surface area contributed by atoms with Crippen molar-refractivity contribution in [2.24, 2.45) is 5.92 Å². The number of anilines is 1. The second-order valence-electron chi connectivity index (χ2n) is 6.71. The van der Waals surface area contributed by atoms with Crippen LogP contribution in [0.15, 0.2) is 0 Å². The second-order valence-corrected chi connectivity index (χ2v) is 7.77. The third kappa shape index (κ3) is 3.73. The Labute approximate surface area is 127 Å². The molecule has 0 aliphatic heterocycles. The smallest absolute Gasteiger partial charge is 0.185 e. The van der Waals surface area contributed by atoms with Crippen molar-refractivity contribution < 1.29 is 0 Å². The molecule has 114 valence electrons. The van der Waals surface area contributed by atoms with Crippen LogP contribution < -0.4 is 10.2 Å². The number of rotatable bonds is 7. The highest BCUT2D eigenvalue weighted by atomic mass is 32.1. The van der Waals surface area contributed by atoms with Gasteiger partial charge in [-0.25, -0.2) is 4.98 Å². The van der Waals surface area contributed by atoms with Gasteiger partial charge in [-0.3, -0.25) is 0 Å². The third-order valence-electron chi connectivity index (χ3n) is 4.27. The fourth-order valence-corrected chi connectivity index (χ4v) is 3.44. The van der Waals surface area contributed by atoms with Gasteiger partial charge in [-0.1, -0.05) is 27.7 Å². The minimum atomic E-state index is 0.499. The molecule has 1 saturated carbocycles. The van der Waals surface area contributed by atoms with Gasteiger partial charge in [0, 0.05) is 30.6 Å². The largest absolute Gasteiger partial charge is 0.348 e. The van der Waals surface area contributed by atoms with Gasteiger partial charge in [0.05, 0.1) is 5.69 Å². The molecule has 0 spiro atoms. The van der Waals surface area contributed by atoms with Gasteiger partial charge < -0.3 is 10.2 Å². The fraction of sp³-hybridized carbons (Fsp3) is 0.812. The maximum atomic E-state index is 4.92. The van der Waals surface area contributed by atoms with E-state index in [0.717, 1.165) is 12.6 Å². The van der Waals surface area contributed by atoms with Gasteiger partial charge in [0.2, 0.25) is 0 Å². The molecule has 1 aromatic rings. The molecule has 1 aromatic heterocycles. The summed E-state index contributed by atoms with van der Waals surface area (Å²) in [6.07, 6.45) is 2.68. The third-order valence-corrected chi connectivity index (χ3v) is 5.43. The Bertz CT molecular complexity index is 435. The van der Waals surface area contributed by atoms with Gasteiger partial charge in [0.25, 0.3) is 0 Å². The lowest BCUT2D eigenvalue weighted by Crippen LogP contribution is -2.33. The van der Waals surface area contributed by atoms with Gasteiger partial charge in [0.1, 0.15) is 0 Å². The SMILES string of the molecule is CC(C)c1nc(N(C)C(C)C(C)C)sc1CNC1CC1. The predicted molar refractivity (Wildman–Crippen MR) is 88.8 cm³/mol. The van der Waals surface area contributed by atoms with E-state index in [-0.39, 0.29) is 0 Å². The molecule has 2 rings (SSSR count). The topological polar surface area (TPSA) is 28.2 Å². The number of hydrogen-bond donors (Lipinski definition) is 1. The Kier molecular flexibility index (Phi) is 5.08. The lowest BCUT2D eigenvalue weighted by Gasteiger charge is -2.27. The highest BCUT2D eigenvalue weighted by Gasteiger charge is 2.24. The van der Waals surface area contributed by atoms with Crippen molar-refractivity contribution in [3.8, 4) is 0 Å². The summed E-state index contributed by atoms with van der Waals surface area (Å²) in [5, 5.41) is 4.79. The zero-order chi connectivity index (χ0) is 14.9. The van der Waals surface area contributed by atoms with Crippen LogP contribution in [0.4, 0.5) is 5.13 Å². The standard InChI is InChI=1S/C16H29N3S/c1-10(2)12(5)19(6)16-18-15(11(3)4)14(20-16)9-17-13-7-8-13/h10-13,17H,7-9H2,1-6H3. The van der Waals surface area contributed by atoms with Crippen molar-refractivity contribution in [3.63, 3.8) is 0 Å². The normalized spacial score (nSPS) is 17.0. The van der Waals surface area contributed by atoms with Crippen LogP contribution in [-0.4, -0.2) is 24.1 Å². The summed E-state index contributed by atoms with van der Waals surface area (Å²) in [5.74, 6) is 1.14. The fourth-order valence-electron chi connectivity index (χ4n) is 2.23. The Morgan fingerprint density at radius 1 is 1.25 bits per heavy atom. The first-order valence-electron chi connectivity index (χ1n) is 7.86. The molecule has 1 aliphatic carbocycles. The molecule has 1 unspecified atom stereocenters. The molecular weight excluding hydrogens is 266 g/mol. The first-order valence-corrected chi connectivity index (χ1v) is 8.67. The quantitative estimate of drug-likeness (QED) is 0.824. The van der Waals surface area contributed by atoms with Gasteiger partial charge in [-0.2, -0.15) is 0 Å². The summed E-state index contributed by atoms with van der Waals surface area (Å²) in [7, 11) is 2.17. The second kappa shape index (κ2) is 6.44. The van der Waals surface area contributed by atoms with Crippen molar-refractivity contribution in [1.29, 1.82) is 0 Å². The van der Waals surface area contributed by atoms with E-state index in [1.165, 1.54) is 28.5 Å². The molecule has 0 aromatic carbocycles. The first kappa shape index (κ1) is 15.8. The molecule has 1 N–H and O–H groups in total. The first-order chi connectivity index (χ1) is 9.40. The van der Waals surface area contributed by atoms with E-state index in [9.17, 15) is 0 Å². The maximum Gasteiger partial charge on any atom is 0.185 e. The molecule has 1 aliphatic rings. The molecule has 3 nitrogen and oxygen atoms in total. The maximum absolute atomic E-state index is 4.92. The zero-order valence-corrected chi connectivity index (χ0v) is 14.5. The minimum Gasteiger partial charge on any atom is -0.348 e. The van der Waals surface area contributed by atoms with E-state index in [4.69, 9.17) is 4.98 Å². The van der Waals surface area contributed by atoms with Gasteiger partial charge in [0.15, 0.2) is 5.13 Å². The van der Waals surface area contributed by atoms with Crippen molar-refractivity contribution in [1.82, 2.24) is 10.3 Å². The molecule has 0 bridgehead atoms. The molecule has 1 heterocycles. The van der Waals surface area contributed by atoms with Gasteiger partial charge in [-0.05, 0) is 31.6 Å². The summed E-state index contributed by atoms with van der Waals surface area (Å²) in [6.45, 7) is 12.3. The minimum absolute atomic E-state index is 0.499. The highest BCUT2D eigenvalue weighted by Crippen LogP contribution is 2.32. The Hall–Kier alpha value is -0.610. The summed E-state index contributed by atoms with van der Waals surface area (Å²) in [6, 6.07) is 1.28. The summed E-state index contributed by atoms with van der Waals surface area (Å²) in [4.78, 5) is 8.67. The van der Waals surface area contributed by atoms with Gasteiger partial charge >= 0.3 is 0 Å². The molecular formula is C16H29N3S. The zero-order valence-electron chi connectivity index (χ0n) is 13.7. The Balaban J connectivity index is 2.14. The molecule has 0 amide bonds. The van der Waals surface area contributed by atoms with Crippen molar-refractivity contribution in [2.75, 3.05) is 11.9 Å². The van der Waals surface area contributed by atoms with Crippen molar-refractivity contribution >= 4 is 16.5 Å². The van der Waals surface area contributed by atoms with E-state index >= 15 is 0 Å². The van der Waals surface area contributed by atoms with Crippen LogP contribution in [0.5, 0.6) is 0 Å². The molecule has 0 saturated heterocycles. The van der Waals surface area contributed by atoms with Crippen LogP contribution >= 0.6 is 11.3 Å². The Morgan fingerprint density at radius 2 is 1.90 bits per heavy atom. The molecule has 1 fully saturated rings. The van der Waals surface area contributed by atoms with Crippen LogP contribution in [0.1, 0.15) is 63.9 Å². The van der Waals surface area contributed by atoms with Crippen LogP contribution in [0.3, 0.4) is 0 Å². The van der Waals surface area contributed by atoms with Crippen LogP contribution in [0.2, 0.25) is 0 Å². The van der Waals surface area contributed by atoms with Crippen molar-refractivity contribution in [3.05, 3.63) is 10.6 Å². The number of nitrogens with one attached hydrogen (secondary N) is 1. The van der Waals surface area contributed by atoms with E-state index in [1.54, 1.807) is 0 Å². The highest BCUT2D eigenvalue weighted by molar-refractivity contribution is 7.15. The number of hydrogen-bond acceptors (Lipinski definition) is 4. The molecule has 1 atom stereocenters. The van der Waals surface area contributed by atoms with Crippen molar-refractivity contribution in [2.45, 2.75) is 72.0 Å². The summed E-state index contributed by atoms with van der Waals surface area (Å²) in [5.41, 5.74) is 1.28. The van der Waals surface area contributed by atoms with E-state index in [0.29, 0.717) is 17.9 Å². The summed E-state index contributed by atoms with van der Waals surface area (Å²) < 4.78 is 0. The number of thiazole rings is 1. The van der Waals surface area contributed by atoms with Crippen LogP contribution in [0, 0.1) is 5.92 Å². The van der Waals surface area contributed by atoms with Gasteiger partial charge in [-0.15, -0.1) is 11.3 Å². The van der Waals surface area contributed by atoms with Crippen LogP contribution in [-0.2, 0) is 6.54 Å². The predicted octanol–water partition coefficient (Wildman–Crippen LogP) is 4.00. The molecule has 4 heteroatoms. The lowest BCUT2D eigenvalue weighted by molar-refractivity contribution is 0.504. The molecule has 0 radical (unpaired) electrons. The van der Waals surface area contributed by atoms with E-state index < -0.39 is 0 Å². The average Bonchev–Trinajstić information content (AvgIpc) is 3.12. The Morgan fingerprint density at radius 3 is 2.40 bits per heavy atom. The average molecular weight is 295 g/mol. The monoisotopic (exact) mass is 295 g/mol. The van der Waals surface area contributed by atoms with Crippen LogP contribution in [0.25, 0.3) is 0 Å².